The third kappa shape index (κ3) is 4.57. The number of nitrogen functional groups attached to an aromatic ring is 1. The lowest BCUT2D eigenvalue weighted by atomic mass is 10.1. The highest BCUT2D eigenvalue weighted by Gasteiger charge is 2.07. The minimum absolute atomic E-state index is 0.0557. The SMILES string of the molecule is CCOc1nc(N)nc(Oc2ccc(CCOC)cc2)n1. The van der Waals surface area contributed by atoms with Crippen molar-refractivity contribution in [2.75, 3.05) is 26.1 Å². The van der Waals surface area contributed by atoms with E-state index in [9.17, 15) is 0 Å². The number of anilines is 1. The predicted octanol–water partition coefficient (Wildman–Crippen LogP) is 1.83. The highest BCUT2D eigenvalue weighted by atomic mass is 16.5. The lowest BCUT2D eigenvalue weighted by molar-refractivity contribution is 0.202. The molecular weight excluding hydrogens is 272 g/mol. The average molecular weight is 290 g/mol. The van der Waals surface area contributed by atoms with Gasteiger partial charge in [-0.25, -0.2) is 0 Å². The van der Waals surface area contributed by atoms with Crippen LogP contribution in [-0.4, -0.2) is 35.3 Å². The van der Waals surface area contributed by atoms with Crippen LogP contribution in [0, 0.1) is 0 Å². The number of hydrogen-bond donors (Lipinski definition) is 1. The molecule has 0 saturated carbocycles. The van der Waals surface area contributed by atoms with Crippen molar-refractivity contribution >= 4 is 5.95 Å². The van der Waals surface area contributed by atoms with E-state index in [0.717, 1.165) is 12.0 Å². The summed E-state index contributed by atoms with van der Waals surface area (Å²) in [5.74, 6) is 0.671. The largest absolute Gasteiger partial charge is 0.464 e. The van der Waals surface area contributed by atoms with Crippen molar-refractivity contribution in [2.45, 2.75) is 13.3 Å². The van der Waals surface area contributed by atoms with Gasteiger partial charge >= 0.3 is 12.0 Å². The van der Waals surface area contributed by atoms with E-state index in [2.05, 4.69) is 15.0 Å². The molecule has 0 aliphatic rings. The number of hydrogen-bond acceptors (Lipinski definition) is 7. The Morgan fingerprint density at radius 1 is 1.05 bits per heavy atom. The van der Waals surface area contributed by atoms with Crippen LogP contribution in [0.25, 0.3) is 0 Å². The van der Waals surface area contributed by atoms with Gasteiger partial charge in [-0.05, 0) is 31.0 Å². The van der Waals surface area contributed by atoms with Gasteiger partial charge in [-0.2, -0.15) is 9.97 Å². The number of benzene rings is 1. The van der Waals surface area contributed by atoms with E-state index in [-0.39, 0.29) is 18.0 Å². The Morgan fingerprint density at radius 3 is 2.43 bits per heavy atom. The summed E-state index contributed by atoms with van der Waals surface area (Å²) in [5, 5.41) is 0. The van der Waals surface area contributed by atoms with Crippen LogP contribution in [0.4, 0.5) is 5.95 Å². The molecule has 0 spiro atoms. The van der Waals surface area contributed by atoms with Crippen molar-refractivity contribution < 1.29 is 14.2 Å². The maximum absolute atomic E-state index is 5.59. The van der Waals surface area contributed by atoms with Crippen LogP contribution < -0.4 is 15.2 Å². The van der Waals surface area contributed by atoms with E-state index in [0.29, 0.717) is 19.0 Å². The predicted molar refractivity (Wildman–Crippen MR) is 77.5 cm³/mol. The summed E-state index contributed by atoms with van der Waals surface area (Å²) >= 11 is 0. The number of rotatable bonds is 7. The number of nitrogens with two attached hydrogens (primary N) is 1. The van der Waals surface area contributed by atoms with E-state index in [1.54, 1.807) is 7.11 Å². The van der Waals surface area contributed by atoms with Crippen molar-refractivity contribution in [3.05, 3.63) is 29.8 Å². The van der Waals surface area contributed by atoms with Gasteiger partial charge < -0.3 is 19.9 Å². The first kappa shape index (κ1) is 15.0. The minimum Gasteiger partial charge on any atom is -0.464 e. The highest BCUT2D eigenvalue weighted by molar-refractivity contribution is 5.30. The van der Waals surface area contributed by atoms with Crippen molar-refractivity contribution in [2.24, 2.45) is 0 Å². The first-order valence-corrected chi connectivity index (χ1v) is 6.61. The van der Waals surface area contributed by atoms with E-state index in [4.69, 9.17) is 19.9 Å². The van der Waals surface area contributed by atoms with Gasteiger partial charge in [0.2, 0.25) is 5.95 Å². The van der Waals surface area contributed by atoms with Crippen LogP contribution in [0.5, 0.6) is 17.8 Å². The summed E-state index contributed by atoms with van der Waals surface area (Å²) in [6, 6.07) is 7.86. The van der Waals surface area contributed by atoms with Crippen molar-refractivity contribution in [1.29, 1.82) is 0 Å². The summed E-state index contributed by atoms with van der Waals surface area (Å²) in [6.07, 6.45) is 0.851. The second-order valence-electron chi connectivity index (χ2n) is 4.18. The van der Waals surface area contributed by atoms with Crippen molar-refractivity contribution in [3.63, 3.8) is 0 Å². The molecule has 2 aromatic rings. The Labute approximate surface area is 123 Å². The quantitative estimate of drug-likeness (QED) is 0.831. The summed E-state index contributed by atoms with van der Waals surface area (Å²) in [6.45, 7) is 2.96. The first-order chi connectivity index (χ1) is 10.2. The van der Waals surface area contributed by atoms with Gasteiger partial charge in [-0.3, -0.25) is 0 Å². The van der Waals surface area contributed by atoms with Crippen molar-refractivity contribution in [3.8, 4) is 17.8 Å². The Kier molecular flexibility index (Phi) is 5.28. The fourth-order valence-electron chi connectivity index (χ4n) is 1.64. The molecule has 1 aromatic heterocycles. The number of nitrogens with zero attached hydrogens (tertiary/aromatic N) is 3. The second-order valence-corrected chi connectivity index (χ2v) is 4.18. The fraction of sp³-hybridized carbons (Fsp3) is 0.357. The zero-order valence-electron chi connectivity index (χ0n) is 12.1. The second kappa shape index (κ2) is 7.39. The maximum Gasteiger partial charge on any atom is 0.330 e. The monoisotopic (exact) mass is 290 g/mol. The van der Waals surface area contributed by atoms with Gasteiger partial charge in [0.1, 0.15) is 5.75 Å². The number of aromatic nitrogens is 3. The summed E-state index contributed by atoms with van der Waals surface area (Å²) in [7, 11) is 1.68. The molecule has 0 amide bonds. The third-order valence-corrected chi connectivity index (χ3v) is 2.61. The van der Waals surface area contributed by atoms with Gasteiger partial charge in [-0.1, -0.05) is 12.1 Å². The van der Waals surface area contributed by atoms with E-state index >= 15 is 0 Å². The molecule has 7 nitrogen and oxygen atoms in total. The third-order valence-electron chi connectivity index (χ3n) is 2.61. The molecule has 112 valence electrons. The molecule has 1 aromatic carbocycles. The lowest BCUT2D eigenvalue weighted by Gasteiger charge is -2.07. The molecule has 0 fully saturated rings. The van der Waals surface area contributed by atoms with E-state index in [1.165, 1.54) is 0 Å². The summed E-state index contributed by atoms with van der Waals surface area (Å²) in [4.78, 5) is 11.8. The maximum atomic E-state index is 5.59. The number of methoxy groups -OCH3 is 1. The van der Waals surface area contributed by atoms with Crippen LogP contribution >= 0.6 is 0 Å². The molecule has 1 heterocycles. The van der Waals surface area contributed by atoms with E-state index < -0.39 is 0 Å². The Morgan fingerprint density at radius 2 is 1.76 bits per heavy atom. The van der Waals surface area contributed by atoms with Crippen LogP contribution in [0.15, 0.2) is 24.3 Å². The standard InChI is InChI=1S/C14H18N4O3/c1-3-20-13-16-12(15)17-14(18-13)21-11-6-4-10(5-7-11)8-9-19-2/h4-7H,3,8-9H2,1-2H3,(H2,15,16,17,18). The molecule has 0 saturated heterocycles. The van der Waals surface area contributed by atoms with Crippen LogP contribution in [0.1, 0.15) is 12.5 Å². The summed E-state index contributed by atoms with van der Waals surface area (Å²) < 4.78 is 15.8. The molecule has 7 heteroatoms. The lowest BCUT2D eigenvalue weighted by Crippen LogP contribution is -2.04. The first-order valence-electron chi connectivity index (χ1n) is 6.61. The van der Waals surface area contributed by atoms with Gasteiger partial charge in [-0.15, -0.1) is 4.98 Å². The molecule has 0 atom stereocenters. The van der Waals surface area contributed by atoms with Gasteiger partial charge in [0, 0.05) is 7.11 Å². The van der Waals surface area contributed by atoms with Crippen LogP contribution in [0.2, 0.25) is 0 Å². The summed E-state index contributed by atoms with van der Waals surface area (Å²) in [5.41, 5.74) is 6.75. The topological polar surface area (TPSA) is 92.4 Å². The fourth-order valence-corrected chi connectivity index (χ4v) is 1.64. The zero-order valence-corrected chi connectivity index (χ0v) is 12.1. The van der Waals surface area contributed by atoms with Gasteiger partial charge in [0.05, 0.1) is 13.2 Å². The molecule has 2 rings (SSSR count). The van der Waals surface area contributed by atoms with Crippen molar-refractivity contribution in [1.82, 2.24) is 15.0 Å². The molecule has 0 unspecified atom stereocenters. The minimum atomic E-state index is 0.0557. The molecule has 0 radical (unpaired) electrons. The Bertz CT molecular complexity index is 575. The molecule has 0 bridgehead atoms. The smallest absolute Gasteiger partial charge is 0.330 e. The molecule has 21 heavy (non-hydrogen) atoms. The zero-order chi connectivity index (χ0) is 15.1. The van der Waals surface area contributed by atoms with Gasteiger partial charge in [0.15, 0.2) is 0 Å². The van der Waals surface area contributed by atoms with E-state index in [1.807, 2.05) is 31.2 Å². The molecule has 2 N–H and O–H groups in total. The molecular formula is C14H18N4O3. The highest BCUT2D eigenvalue weighted by Crippen LogP contribution is 2.20. The van der Waals surface area contributed by atoms with Crippen LogP contribution in [0.3, 0.4) is 0 Å². The Hall–Kier alpha value is -2.41. The molecule has 0 aliphatic carbocycles. The molecule has 0 aliphatic heterocycles. The number of ether oxygens (including phenoxy) is 3. The Balaban J connectivity index is 2.07. The normalized spacial score (nSPS) is 10.4. The van der Waals surface area contributed by atoms with Gasteiger partial charge in [0.25, 0.3) is 0 Å². The van der Waals surface area contributed by atoms with Crippen LogP contribution in [-0.2, 0) is 11.2 Å². The average Bonchev–Trinajstić information content (AvgIpc) is 2.46.